The maximum Gasteiger partial charge on any atom is 0.0702 e. The van der Waals surface area contributed by atoms with E-state index in [1.807, 2.05) is 7.05 Å². The molecule has 0 bridgehead atoms. The Morgan fingerprint density at radius 1 is 1.11 bits per heavy atom. The highest BCUT2D eigenvalue weighted by Gasteiger charge is 2.17. The zero-order chi connectivity index (χ0) is 13.3. The normalized spacial score (nSPS) is 12.7. The van der Waals surface area contributed by atoms with E-state index in [1.165, 1.54) is 16.0 Å². The monoisotopic (exact) mass is 451 g/mol. The quantitative estimate of drug-likeness (QED) is 0.633. The summed E-state index contributed by atoms with van der Waals surface area (Å²) in [4.78, 5) is 1.29. The molecule has 1 atom stereocenters. The fraction of sp³-hybridized carbons (Fsp3) is 0.231. The second-order valence-corrected chi connectivity index (χ2v) is 8.19. The van der Waals surface area contributed by atoms with Crippen molar-refractivity contribution in [3.8, 4) is 0 Å². The van der Waals surface area contributed by atoms with E-state index in [2.05, 4.69) is 84.3 Å². The summed E-state index contributed by atoms with van der Waals surface area (Å²) in [6, 6.07) is 8.76. The van der Waals surface area contributed by atoms with Gasteiger partial charge in [0.05, 0.1) is 9.83 Å². The molecule has 0 aliphatic carbocycles. The van der Waals surface area contributed by atoms with Gasteiger partial charge in [-0.1, -0.05) is 31.9 Å². The van der Waals surface area contributed by atoms with E-state index >= 15 is 0 Å². The average Bonchev–Trinajstić information content (AvgIpc) is 2.73. The lowest BCUT2D eigenvalue weighted by Gasteiger charge is -2.18. The molecule has 0 aliphatic rings. The smallest absolute Gasteiger partial charge is 0.0702 e. The Labute approximate surface area is 136 Å². The third-order valence-electron chi connectivity index (χ3n) is 2.76. The largest absolute Gasteiger partial charge is 0.309 e. The van der Waals surface area contributed by atoms with Crippen molar-refractivity contribution >= 4 is 59.1 Å². The average molecular weight is 454 g/mol. The number of hydrogen-bond donors (Lipinski definition) is 1. The molecule has 2 rings (SSSR count). The Balaban J connectivity index is 2.48. The number of aryl methyl sites for hydroxylation is 1. The van der Waals surface area contributed by atoms with Crippen molar-refractivity contribution in [3.63, 3.8) is 0 Å². The lowest BCUT2D eigenvalue weighted by atomic mass is 10.0. The van der Waals surface area contributed by atoms with Crippen molar-refractivity contribution in [2.75, 3.05) is 7.05 Å². The van der Waals surface area contributed by atoms with Crippen LogP contribution in [0.1, 0.15) is 22.0 Å². The molecule has 18 heavy (non-hydrogen) atoms. The molecule has 1 N–H and O–H groups in total. The summed E-state index contributed by atoms with van der Waals surface area (Å²) in [6.45, 7) is 2.09. The molecule has 0 amide bonds. The van der Waals surface area contributed by atoms with Crippen LogP contribution in [0.5, 0.6) is 0 Å². The molecule has 1 heterocycles. The van der Waals surface area contributed by atoms with Crippen LogP contribution in [-0.4, -0.2) is 7.05 Å². The van der Waals surface area contributed by atoms with Gasteiger partial charge in [-0.2, -0.15) is 0 Å². The molecular weight excluding hydrogens is 442 g/mol. The van der Waals surface area contributed by atoms with Crippen molar-refractivity contribution < 1.29 is 0 Å². The summed E-state index contributed by atoms with van der Waals surface area (Å²) in [5.74, 6) is 0. The van der Waals surface area contributed by atoms with Gasteiger partial charge in [0.2, 0.25) is 0 Å². The van der Waals surface area contributed by atoms with E-state index in [0.717, 1.165) is 12.7 Å². The van der Waals surface area contributed by atoms with Crippen LogP contribution < -0.4 is 5.32 Å². The highest BCUT2D eigenvalue weighted by atomic mass is 79.9. The molecule has 1 unspecified atom stereocenters. The number of rotatable bonds is 3. The number of thiophene rings is 1. The van der Waals surface area contributed by atoms with Crippen LogP contribution in [0.2, 0.25) is 0 Å². The summed E-state index contributed by atoms with van der Waals surface area (Å²) < 4.78 is 3.42. The van der Waals surface area contributed by atoms with Crippen molar-refractivity contribution in [1.29, 1.82) is 0 Å². The van der Waals surface area contributed by atoms with Crippen LogP contribution in [0, 0.1) is 6.92 Å². The summed E-state index contributed by atoms with van der Waals surface area (Å²) in [5, 5.41) is 3.37. The number of halogens is 3. The third kappa shape index (κ3) is 3.07. The molecule has 2 aromatic rings. The van der Waals surface area contributed by atoms with Gasteiger partial charge < -0.3 is 5.32 Å². The first-order chi connectivity index (χ1) is 8.52. The third-order valence-corrected chi connectivity index (χ3v) is 5.99. The number of nitrogens with one attached hydrogen (secondary N) is 1. The Morgan fingerprint density at radius 2 is 1.83 bits per heavy atom. The molecule has 1 aromatic carbocycles. The predicted molar refractivity (Wildman–Crippen MR) is 89.5 cm³/mol. The van der Waals surface area contributed by atoms with Gasteiger partial charge >= 0.3 is 0 Å². The number of hydrogen-bond acceptors (Lipinski definition) is 2. The van der Waals surface area contributed by atoms with E-state index in [1.54, 1.807) is 11.3 Å². The highest BCUT2D eigenvalue weighted by Crippen LogP contribution is 2.36. The van der Waals surface area contributed by atoms with Gasteiger partial charge in [0, 0.05) is 13.8 Å². The zero-order valence-corrected chi connectivity index (χ0v) is 15.5. The molecule has 0 radical (unpaired) electrons. The maximum absolute atomic E-state index is 3.66. The summed E-state index contributed by atoms with van der Waals surface area (Å²) in [5.41, 5.74) is 2.47. The number of benzene rings is 1. The van der Waals surface area contributed by atoms with Gasteiger partial charge in [-0.3, -0.25) is 0 Å². The molecule has 1 nitrogen and oxygen atoms in total. The van der Waals surface area contributed by atoms with E-state index in [4.69, 9.17) is 0 Å². The maximum atomic E-state index is 3.66. The Kier molecular flexibility index (Phi) is 5.06. The molecule has 0 saturated carbocycles. The predicted octanol–water partition coefficient (Wildman–Crippen LogP) is 5.65. The second kappa shape index (κ2) is 6.18. The van der Waals surface area contributed by atoms with Gasteiger partial charge in [-0.25, -0.2) is 0 Å². The van der Waals surface area contributed by atoms with Gasteiger partial charge in [0.25, 0.3) is 0 Å². The Hall–Kier alpha value is 0.320. The fourth-order valence-corrected chi connectivity index (χ4v) is 4.42. The van der Waals surface area contributed by atoms with Crippen LogP contribution >= 0.6 is 59.1 Å². The first-order valence-corrected chi connectivity index (χ1v) is 8.60. The van der Waals surface area contributed by atoms with Crippen molar-refractivity contribution in [2.24, 2.45) is 0 Å². The standard InChI is InChI=1S/C13H12Br3NS/c1-7-5-10(15)8(6-9(7)14)13(17-2)11-3-4-12(16)18-11/h3-6,13,17H,1-2H3. The van der Waals surface area contributed by atoms with E-state index in [9.17, 15) is 0 Å². The van der Waals surface area contributed by atoms with Crippen molar-refractivity contribution in [3.05, 3.63) is 53.0 Å². The minimum atomic E-state index is 0.201. The summed E-state index contributed by atoms with van der Waals surface area (Å²) >= 11 is 12.5. The van der Waals surface area contributed by atoms with Crippen molar-refractivity contribution in [1.82, 2.24) is 5.32 Å². The van der Waals surface area contributed by atoms with Crippen molar-refractivity contribution in [2.45, 2.75) is 13.0 Å². The van der Waals surface area contributed by atoms with Crippen LogP contribution in [0.3, 0.4) is 0 Å². The van der Waals surface area contributed by atoms with E-state index in [0.29, 0.717) is 0 Å². The highest BCUT2D eigenvalue weighted by molar-refractivity contribution is 9.11. The topological polar surface area (TPSA) is 12.0 Å². The lowest BCUT2D eigenvalue weighted by Crippen LogP contribution is -2.17. The first kappa shape index (κ1) is 14.7. The molecule has 0 aliphatic heterocycles. The minimum absolute atomic E-state index is 0.201. The summed E-state index contributed by atoms with van der Waals surface area (Å²) in [6.07, 6.45) is 0. The molecule has 0 saturated heterocycles. The Bertz CT molecular complexity index is 565. The van der Waals surface area contributed by atoms with E-state index in [-0.39, 0.29) is 6.04 Å². The fourth-order valence-electron chi connectivity index (χ4n) is 1.82. The van der Waals surface area contributed by atoms with E-state index < -0.39 is 0 Å². The molecule has 5 heteroatoms. The van der Waals surface area contributed by atoms with Gasteiger partial charge in [-0.15, -0.1) is 11.3 Å². The zero-order valence-electron chi connectivity index (χ0n) is 9.93. The van der Waals surface area contributed by atoms with Gasteiger partial charge in [0.15, 0.2) is 0 Å². The van der Waals surface area contributed by atoms with Crippen LogP contribution in [0.15, 0.2) is 37.0 Å². The molecule has 0 spiro atoms. The summed E-state index contributed by atoms with van der Waals surface area (Å²) in [7, 11) is 1.98. The van der Waals surface area contributed by atoms with Gasteiger partial charge in [-0.05, 0) is 65.3 Å². The Morgan fingerprint density at radius 3 is 2.39 bits per heavy atom. The molecule has 1 aromatic heterocycles. The molecule has 0 fully saturated rings. The lowest BCUT2D eigenvalue weighted by molar-refractivity contribution is 0.700. The minimum Gasteiger partial charge on any atom is -0.309 e. The second-order valence-electron chi connectivity index (χ2n) is 3.99. The van der Waals surface area contributed by atoms with Gasteiger partial charge in [0.1, 0.15) is 0 Å². The molecular formula is C13H12Br3NS. The molecule has 96 valence electrons. The SMILES string of the molecule is CNC(c1ccc(Br)s1)c1cc(Br)c(C)cc1Br. The first-order valence-electron chi connectivity index (χ1n) is 5.41. The van der Waals surface area contributed by atoms with Crippen LogP contribution in [-0.2, 0) is 0 Å². The van der Waals surface area contributed by atoms with Crippen LogP contribution in [0.25, 0.3) is 0 Å². The van der Waals surface area contributed by atoms with Crippen LogP contribution in [0.4, 0.5) is 0 Å².